The van der Waals surface area contributed by atoms with Gasteiger partial charge >= 0.3 is 0 Å². The largest absolute Gasteiger partial charge is 0.387 e. The molecule has 1 aromatic carbocycles. The molecule has 32 heavy (non-hydrogen) atoms. The van der Waals surface area contributed by atoms with E-state index in [0.717, 1.165) is 11.8 Å². The summed E-state index contributed by atoms with van der Waals surface area (Å²) < 4.78 is 0. The van der Waals surface area contributed by atoms with E-state index in [2.05, 4.69) is 17.1 Å². The lowest BCUT2D eigenvalue weighted by Crippen LogP contribution is -2.40. The molecule has 1 aromatic heterocycles. The number of nitriles is 2. The highest BCUT2D eigenvalue weighted by atomic mass is 35.5. The number of nitrogens with zero attached hydrogens (tertiary/aromatic N) is 4. The van der Waals surface area contributed by atoms with E-state index in [-0.39, 0.29) is 31.1 Å². The van der Waals surface area contributed by atoms with Crippen molar-refractivity contribution in [3.8, 4) is 12.1 Å². The number of amides is 1. The maximum atomic E-state index is 12.2. The molecule has 0 spiro atoms. The van der Waals surface area contributed by atoms with Crippen LogP contribution in [0.5, 0.6) is 0 Å². The number of pyridine rings is 1. The maximum absolute atomic E-state index is 12.2. The molecule has 2 atom stereocenters. The molecule has 168 valence electrons. The zero-order valence-corrected chi connectivity index (χ0v) is 19.2. The Bertz CT molecular complexity index is 1070. The molecule has 0 saturated carbocycles. The van der Waals surface area contributed by atoms with Crippen LogP contribution in [0, 0.1) is 22.7 Å². The molecule has 2 aromatic rings. The van der Waals surface area contributed by atoms with Gasteiger partial charge in [0, 0.05) is 19.6 Å². The van der Waals surface area contributed by atoms with Gasteiger partial charge in [-0.3, -0.25) is 4.79 Å². The van der Waals surface area contributed by atoms with Crippen LogP contribution in [0.2, 0.25) is 0 Å². The van der Waals surface area contributed by atoms with Crippen LogP contribution in [-0.4, -0.2) is 41.2 Å². The van der Waals surface area contributed by atoms with Gasteiger partial charge in [0.05, 0.1) is 16.7 Å². The summed E-state index contributed by atoms with van der Waals surface area (Å²) in [5, 5.41) is 29.8. The third-order valence-electron chi connectivity index (χ3n) is 5.43. The van der Waals surface area contributed by atoms with Crippen molar-refractivity contribution in [3.05, 3.63) is 52.6 Å². The van der Waals surface area contributed by atoms with Gasteiger partial charge in [0.1, 0.15) is 28.2 Å². The Morgan fingerprint density at radius 3 is 2.47 bits per heavy atom. The van der Waals surface area contributed by atoms with Gasteiger partial charge in [0.2, 0.25) is 5.91 Å². The minimum Gasteiger partial charge on any atom is -0.387 e. The number of hydrogen-bond donors (Lipinski definition) is 3. The van der Waals surface area contributed by atoms with Crippen LogP contribution >= 0.6 is 24.2 Å². The Kier molecular flexibility index (Phi) is 8.48. The number of anilines is 1. The summed E-state index contributed by atoms with van der Waals surface area (Å²) in [7, 11) is 0. The second-order valence-corrected chi connectivity index (χ2v) is 8.55. The Labute approximate surface area is 197 Å². The maximum Gasteiger partial charge on any atom is 0.235 e. The van der Waals surface area contributed by atoms with Gasteiger partial charge in [-0.05, 0) is 24.0 Å². The zero-order chi connectivity index (χ0) is 22.6. The predicted octanol–water partition coefficient (Wildman–Crippen LogP) is 2.03. The predicted molar refractivity (Wildman–Crippen MR) is 125 cm³/mol. The van der Waals surface area contributed by atoms with Gasteiger partial charge < -0.3 is 21.5 Å². The number of rotatable bonds is 7. The topological polar surface area (TPSA) is 153 Å². The van der Waals surface area contributed by atoms with Crippen molar-refractivity contribution in [3.63, 3.8) is 0 Å². The third-order valence-corrected chi connectivity index (χ3v) is 6.69. The second kappa shape index (κ2) is 10.7. The molecule has 2 heterocycles. The average molecular weight is 473 g/mol. The smallest absolute Gasteiger partial charge is 0.235 e. The quantitative estimate of drug-likeness (QED) is 0.517. The minimum absolute atomic E-state index is 0. The Morgan fingerprint density at radius 1 is 1.31 bits per heavy atom. The van der Waals surface area contributed by atoms with E-state index >= 15 is 0 Å². The van der Waals surface area contributed by atoms with Crippen molar-refractivity contribution in [1.29, 1.82) is 10.5 Å². The number of benzene rings is 1. The number of carbonyl (C=O) groups excluding carboxylic acids is 1. The number of aromatic nitrogens is 1. The molecule has 0 bridgehead atoms. The van der Waals surface area contributed by atoms with Crippen LogP contribution in [0.1, 0.15) is 40.8 Å². The van der Waals surface area contributed by atoms with Gasteiger partial charge in [0.15, 0.2) is 0 Å². The fourth-order valence-corrected chi connectivity index (χ4v) is 4.79. The highest BCUT2D eigenvalue weighted by molar-refractivity contribution is 8.00. The lowest BCUT2D eigenvalue weighted by Gasteiger charge is -2.25. The molecule has 5 N–H and O–H groups in total. The third kappa shape index (κ3) is 4.98. The van der Waals surface area contributed by atoms with Crippen LogP contribution < -0.4 is 16.4 Å². The highest BCUT2D eigenvalue weighted by Crippen LogP contribution is 2.40. The van der Waals surface area contributed by atoms with Crippen LogP contribution in [0.15, 0.2) is 35.4 Å². The summed E-state index contributed by atoms with van der Waals surface area (Å²) in [5.74, 6) is -0.161. The first-order valence-electron chi connectivity index (χ1n) is 9.92. The van der Waals surface area contributed by atoms with Crippen molar-refractivity contribution < 1.29 is 9.90 Å². The Morgan fingerprint density at radius 2 is 1.97 bits per heavy atom. The summed E-state index contributed by atoms with van der Waals surface area (Å²) in [6.45, 7) is 2.68. The monoisotopic (exact) mass is 472 g/mol. The minimum atomic E-state index is -1.05. The van der Waals surface area contributed by atoms with Gasteiger partial charge in [-0.2, -0.15) is 10.5 Å². The number of halogens is 1. The highest BCUT2D eigenvalue weighted by Gasteiger charge is 2.37. The van der Waals surface area contributed by atoms with Crippen molar-refractivity contribution in [1.82, 2.24) is 4.98 Å². The summed E-state index contributed by atoms with van der Waals surface area (Å²) in [5.41, 5.74) is 12.2. The number of carbonyl (C=O) groups is 1. The lowest BCUT2D eigenvalue weighted by molar-refractivity contribution is -0.117. The molecular weight excluding hydrogens is 448 g/mol. The summed E-state index contributed by atoms with van der Waals surface area (Å²) >= 11 is 1.10. The molecule has 1 saturated heterocycles. The molecule has 1 amide bonds. The van der Waals surface area contributed by atoms with Gasteiger partial charge in [-0.15, -0.1) is 12.4 Å². The molecule has 0 radical (unpaired) electrons. The molecule has 0 unspecified atom stereocenters. The second-order valence-electron chi connectivity index (χ2n) is 7.46. The van der Waals surface area contributed by atoms with Crippen molar-refractivity contribution in [2.75, 3.05) is 24.5 Å². The van der Waals surface area contributed by atoms with E-state index in [1.54, 1.807) is 12.1 Å². The normalized spacial score (nSPS) is 18.3. The van der Waals surface area contributed by atoms with Crippen LogP contribution in [-0.2, 0) is 11.2 Å². The van der Waals surface area contributed by atoms with E-state index in [4.69, 9.17) is 11.5 Å². The van der Waals surface area contributed by atoms with E-state index in [1.807, 2.05) is 30.0 Å². The van der Waals surface area contributed by atoms with Gasteiger partial charge in [-0.1, -0.05) is 49.0 Å². The van der Waals surface area contributed by atoms with Gasteiger partial charge in [-0.25, -0.2) is 4.98 Å². The number of nitrogens with two attached hydrogens (primary N) is 2. The molecule has 1 aliphatic heterocycles. The molecule has 10 heteroatoms. The summed E-state index contributed by atoms with van der Waals surface area (Å²) in [4.78, 5) is 18.7. The number of primary amides is 1. The molecule has 1 fully saturated rings. The number of hydrogen-bond acceptors (Lipinski definition) is 8. The van der Waals surface area contributed by atoms with E-state index in [1.165, 1.54) is 0 Å². The molecular formula is C22H25ClN6O2S. The SMILES string of the molecule is CCc1c(C#N)c(S[C@@H](C(N)=O)c2ccccc2)nc(N2CC[C@@](O)(CN)C2)c1C#N.Cl. The van der Waals surface area contributed by atoms with Crippen molar-refractivity contribution in [2.24, 2.45) is 11.5 Å². The standard InChI is InChI=1S/C22H24N6O2S.ClH/c1-2-15-16(10-23)20(28-9-8-22(30,12-25)13-28)27-21(17(15)11-24)31-18(19(26)29)14-6-4-3-5-7-14;/h3-7,18,30H,2,8-9,12-13,25H2,1H3,(H2,26,29);1H/t18-,22-;/m1./s1. The van der Waals surface area contributed by atoms with Gasteiger partial charge in [0.25, 0.3) is 0 Å². The average Bonchev–Trinajstić information content (AvgIpc) is 3.19. The molecule has 8 nitrogen and oxygen atoms in total. The zero-order valence-electron chi connectivity index (χ0n) is 17.6. The number of aliphatic hydroxyl groups is 1. The Hall–Kier alpha value is -2.82. The van der Waals surface area contributed by atoms with Crippen molar-refractivity contribution in [2.45, 2.75) is 35.6 Å². The van der Waals surface area contributed by atoms with E-state index in [9.17, 15) is 20.4 Å². The van der Waals surface area contributed by atoms with Crippen LogP contribution in [0.3, 0.4) is 0 Å². The van der Waals surface area contributed by atoms with E-state index in [0.29, 0.717) is 46.9 Å². The van der Waals surface area contributed by atoms with Crippen LogP contribution in [0.4, 0.5) is 5.82 Å². The molecule has 1 aliphatic rings. The first-order chi connectivity index (χ1) is 14.9. The fraction of sp³-hybridized carbons (Fsp3) is 0.364. The van der Waals surface area contributed by atoms with Crippen molar-refractivity contribution >= 4 is 35.9 Å². The lowest BCUT2D eigenvalue weighted by atomic mass is 10.0. The molecule has 0 aliphatic carbocycles. The fourth-order valence-electron chi connectivity index (χ4n) is 3.73. The first kappa shape index (κ1) is 25.4. The van der Waals surface area contributed by atoms with Crippen LogP contribution in [0.25, 0.3) is 0 Å². The first-order valence-corrected chi connectivity index (χ1v) is 10.8. The number of thioether (sulfide) groups is 1. The number of β-amino-alcohol motifs (C(OH)–C–C–N with tert-alkyl or cyclic N) is 1. The summed E-state index contributed by atoms with van der Waals surface area (Å²) in [6, 6.07) is 13.4. The molecule has 3 rings (SSSR count). The Balaban J connectivity index is 0.00000363. The summed E-state index contributed by atoms with van der Waals surface area (Å²) in [6.07, 6.45) is 0.893. The van der Waals surface area contributed by atoms with E-state index < -0.39 is 16.8 Å².